The molecule has 0 fully saturated rings. The van der Waals surface area contributed by atoms with Gasteiger partial charge < -0.3 is 11.0 Å². The zero-order valence-corrected chi connectivity index (χ0v) is 5.39. The largest absolute Gasteiger partial charge is 0.434 e. The van der Waals surface area contributed by atoms with Gasteiger partial charge in [0.15, 0.2) is 0 Å². The Morgan fingerprint density at radius 1 is 1.44 bits per heavy atom. The van der Waals surface area contributed by atoms with Crippen LogP contribution in [0.15, 0.2) is 24.3 Å². The Hall–Kier alpha value is -1.12. The van der Waals surface area contributed by atoms with Gasteiger partial charge in [0.2, 0.25) is 7.98 Å². The average Bonchev–Trinajstić information content (AvgIpc) is 1.88. The van der Waals surface area contributed by atoms with E-state index in [9.17, 15) is 0 Å². The first-order valence-corrected chi connectivity index (χ1v) is 2.86. The van der Waals surface area contributed by atoms with Crippen molar-refractivity contribution >= 4 is 19.4 Å². The number of hydrogen-bond acceptors (Lipinski definition) is 2. The van der Waals surface area contributed by atoms with Crippen LogP contribution in [0.3, 0.4) is 0 Å². The molecule has 3 heteroatoms. The highest BCUT2D eigenvalue weighted by molar-refractivity contribution is 6.15. The third-order valence-electron chi connectivity index (χ3n) is 1.18. The Bertz CT molecular complexity index is 200. The van der Waals surface area contributed by atoms with Crippen LogP contribution in [-0.4, -0.2) is 7.98 Å². The highest BCUT2D eigenvalue weighted by atomic mass is 14.7. The van der Waals surface area contributed by atoms with Gasteiger partial charge in [0.25, 0.3) is 0 Å². The maximum absolute atomic E-state index is 5.49. The highest BCUT2D eigenvalue weighted by Crippen LogP contribution is 2.09. The second kappa shape index (κ2) is 2.44. The summed E-state index contributed by atoms with van der Waals surface area (Å²) >= 11 is 0. The summed E-state index contributed by atoms with van der Waals surface area (Å²) in [6, 6.07) is 7.64. The number of anilines is 2. The average molecular weight is 120 g/mol. The van der Waals surface area contributed by atoms with Gasteiger partial charge in [0.05, 0.1) is 0 Å². The van der Waals surface area contributed by atoms with E-state index in [1.807, 2.05) is 32.2 Å². The molecule has 0 saturated heterocycles. The molecule has 0 aliphatic rings. The van der Waals surface area contributed by atoms with Crippen molar-refractivity contribution in [3.05, 3.63) is 24.3 Å². The second-order valence-electron chi connectivity index (χ2n) is 1.88. The fraction of sp³-hybridized carbons (Fsp3) is 0. The Balaban J connectivity index is 2.94. The molecule has 2 nitrogen and oxygen atoms in total. The SMILES string of the molecule is BNc1cccc(N)c1. The standard InChI is InChI=1S/C6H9BN2/c7-9-6-3-1-2-5(8)4-6/h1-4,9H,7-8H2. The fourth-order valence-corrected chi connectivity index (χ4v) is 0.694. The maximum atomic E-state index is 5.49. The molecule has 0 heterocycles. The molecule has 9 heavy (non-hydrogen) atoms. The van der Waals surface area contributed by atoms with Crippen molar-refractivity contribution in [1.82, 2.24) is 0 Å². The van der Waals surface area contributed by atoms with Crippen LogP contribution in [0, 0.1) is 0 Å². The molecule has 1 rings (SSSR count). The summed E-state index contributed by atoms with van der Waals surface area (Å²) in [7, 11) is 1.87. The molecule has 0 saturated carbocycles. The predicted molar refractivity (Wildman–Crippen MR) is 43.0 cm³/mol. The molecule has 3 N–H and O–H groups in total. The molecule has 0 aliphatic carbocycles. The lowest BCUT2D eigenvalue weighted by molar-refractivity contribution is 1.66. The lowest BCUT2D eigenvalue weighted by Gasteiger charge is -1.98. The summed E-state index contributed by atoms with van der Waals surface area (Å²) in [6.07, 6.45) is 0. The first-order chi connectivity index (χ1) is 4.33. The van der Waals surface area contributed by atoms with Crippen molar-refractivity contribution in [2.24, 2.45) is 0 Å². The van der Waals surface area contributed by atoms with Crippen molar-refractivity contribution in [1.29, 1.82) is 0 Å². The molecule has 0 atom stereocenters. The van der Waals surface area contributed by atoms with Crippen LogP contribution in [0.1, 0.15) is 0 Å². The number of hydrogen-bond donors (Lipinski definition) is 2. The van der Waals surface area contributed by atoms with E-state index >= 15 is 0 Å². The third-order valence-corrected chi connectivity index (χ3v) is 1.18. The van der Waals surface area contributed by atoms with Gasteiger partial charge >= 0.3 is 0 Å². The van der Waals surface area contributed by atoms with Crippen LogP contribution in [0.25, 0.3) is 0 Å². The van der Waals surface area contributed by atoms with Crippen molar-refractivity contribution < 1.29 is 0 Å². The van der Waals surface area contributed by atoms with Crippen LogP contribution in [-0.2, 0) is 0 Å². The van der Waals surface area contributed by atoms with E-state index < -0.39 is 0 Å². The van der Waals surface area contributed by atoms with E-state index in [0.717, 1.165) is 11.4 Å². The van der Waals surface area contributed by atoms with Gasteiger partial charge in [-0.1, -0.05) is 6.07 Å². The lowest BCUT2D eigenvalue weighted by Crippen LogP contribution is -1.91. The smallest absolute Gasteiger partial charge is 0.213 e. The topological polar surface area (TPSA) is 38.0 Å². The second-order valence-corrected chi connectivity index (χ2v) is 1.88. The summed E-state index contributed by atoms with van der Waals surface area (Å²) in [6.45, 7) is 0. The molecular formula is C6H9BN2. The van der Waals surface area contributed by atoms with Gasteiger partial charge in [0.1, 0.15) is 0 Å². The van der Waals surface area contributed by atoms with Crippen molar-refractivity contribution in [3.63, 3.8) is 0 Å². The molecule has 0 unspecified atom stereocenters. The van der Waals surface area contributed by atoms with Crippen LogP contribution < -0.4 is 11.0 Å². The van der Waals surface area contributed by atoms with E-state index in [1.54, 1.807) is 0 Å². The monoisotopic (exact) mass is 120 g/mol. The number of nitrogens with two attached hydrogens (primary N) is 1. The molecule has 0 amide bonds. The van der Waals surface area contributed by atoms with Gasteiger partial charge in [-0.3, -0.25) is 0 Å². The number of rotatable bonds is 1. The summed E-state index contributed by atoms with van der Waals surface area (Å²) < 4.78 is 0. The Kier molecular flexibility index (Phi) is 1.63. The Morgan fingerprint density at radius 2 is 2.22 bits per heavy atom. The molecule has 0 aromatic heterocycles. The van der Waals surface area contributed by atoms with Crippen molar-refractivity contribution in [3.8, 4) is 0 Å². The van der Waals surface area contributed by atoms with E-state index in [2.05, 4.69) is 5.23 Å². The van der Waals surface area contributed by atoms with Crippen LogP contribution in [0.2, 0.25) is 0 Å². The normalized spacial score (nSPS) is 8.89. The quantitative estimate of drug-likeness (QED) is 0.411. The van der Waals surface area contributed by atoms with E-state index in [1.165, 1.54) is 0 Å². The number of nitrogen functional groups attached to an aromatic ring is 1. The number of nitrogens with one attached hydrogen (secondary N) is 1. The minimum absolute atomic E-state index is 0.793. The molecule has 46 valence electrons. The molecule has 0 aliphatic heterocycles. The highest BCUT2D eigenvalue weighted by Gasteiger charge is 1.85. The molecule has 0 spiro atoms. The predicted octanol–water partition coefficient (Wildman–Crippen LogP) is 0.229. The van der Waals surface area contributed by atoms with E-state index in [4.69, 9.17) is 5.73 Å². The van der Waals surface area contributed by atoms with Crippen molar-refractivity contribution in [2.45, 2.75) is 0 Å². The third kappa shape index (κ3) is 1.39. The van der Waals surface area contributed by atoms with Gasteiger partial charge in [-0.2, -0.15) is 0 Å². The summed E-state index contributed by atoms with van der Waals surface area (Å²) in [5.74, 6) is 0. The minimum atomic E-state index is 0.793. The fourth-order valence-electron chi connectivity index (χ4n) is 0.694. The first-order valence-electron chi connectivity index (χ1n) is 2.86. The van der Waals surface area contributed by atoms with Crippen LogP contribution >= 0.6 is 0 Å². The summed E-state index contributed by atoms with van der Waals surface area (Å²) in [5.41, 5.74) is 7.34. The molecular weight excluding hydrogens is 111 g/mol. The molecule has 1 aromatic carbocycles. The van der Waals surface area contributed by atoms with Gasteiger partial charge in [-0.05, 0) is 18.2 Å². The van der Waals surface area contributed by atoms with E-state index in [-0.39, 0.29) is 0 Å². The molecule has 0 bridgehead atoms. The molecule has 1 aromatic rings. The maximum Gasteiger partial charge on any atom is 0.213 e. The summed E-state index contributed by atoms with van der Waals surface area (Å²) in [4.78, 5) is 0. The van der Waals surface area contributed by atoms with Gasteiger partial charge in [-0.15, -0.1) is 0 Å². The van der Waals surface area contributed by atoms with Gasteiger partial charge in [0, 0.05) is 11.4 Å². The zero-order valence-electron chi connectivity index (χ0n) is 5.39. The zero-order chi connectivity index (χ0) is 6.69. The minimum Gasteiger partial charge on any atom is -0.434 e. The molecule has 0 radical (unpaired) electrons. The number of benzene rings is 1. The Labute approximate surface area is 55.5 Å². The van der Waals surface area contributed by atoms with Gasteiger partial charge in [-0.25, -0.2) is 0 Å². The van der Waals surface area contributed by atoms with Crippen LogP contribution in [0.5, 0.6) is 0 Å². The van der Waals surface area contributed by atoms with Crippen molar-refractivity contribution in [2.75, 3.05) is 11.0 Å². The first kappa shape index (κ1) is 6.01. The summed E-state index contributed by atoms with van der Waals surface area (Å²) in [5, 5.41) is 2.99. The van der Waals surface area contributed by atoms with E-state index in [0.29, 0.717) is 0 Å². The lowest BCUT2D eigenvalue weighted by atomic mass is 10.2. The Morgan fingerprint density at radius 3 is 2.67 bits per heavy atom. The van der Waals surface area contributed by atoms with Crippen LogP contribution in [0.4, 0.5) is 11.4 Å².